The average Bonchev–Trinajstić information content (AvgIpc) is 2.34. The minimum atomic E-state index is -0.152. The molecule has 1 N–H and O–H groups in total. The maximum Gasteiger partial charge on any atom is 0.123 e. The van der Waals surface area contributed by atoms with Crippen LogP contribution in [-0.4, -0.2) is 38.6 Å². The molecular weight excluding hydrogens is 215 g/mol. The standard InChI is InChI=1S/C14H21FN2/c1-16-11-14(7-9-17(2)10-8-14)12-3-5-13(15)6-4-12/h3-6,16H,7-11H2,1-2H3. The van der Waals surface area contributed by atoms with Gasteiger partial charge in [-0.05, 0) is 57.7 Å². The molecule has 0 bridgehead atoms. The summed E-state index contributed by atoms with van der Waals surface area (Å²) in [6.07, 6.45) is 2.27. The molecular formula is C14H21FN2. The Kier molecular flexibility index (Phi) is 3.79. The minimum Gasteiger partial charge on any atom is -0.319 e. The Morgan fingerprint density at radius 3 is 2.35 bits per heavy atom. The van der Waals surface area contributed by atoms with E-state index in [4.69, 9.17) is 0 Å². The smallest absolute Gasteiger partial charge is 0.123 e. The van der Waals surface area contributed by atoms with Crippen molar-refractivity contribution >= 4 is 0 Å². The van der Waals surface area contributed by atoms with Crippen molar-refractivity contribution in [2.45, 2.75) is 18.3 Å². The Morgan fingerprint density at radius 1 is 1.24 bits per heavy atom. The topological polar surface area (TPSA) is 15.3 Å². The summed E-state index contributed by atoms with van der Waals surface area (Å²) in [5.74, 6) is -0.152. The number of rotatable bonds is 3. The number of benzene rings is 1. The van der Waals surface area contributed by atoms with E-state index < -0.39 is 0 Å². The first kappa shape index (κ1) is 12.5. The van der Waals surface area contributed by atoms with Gasteiger partial charge in [-0.2, -0.15) is 0 Å². The third-order valence-electron chi connectivity index (χ3n) is 3.92. The van der Waals surface area contributed by atoms with Crippen molar-refractivity contribution in [3.8, 4) is 0 Å². The number of nitrogens with zero attached hydrogens (tertiary/aromatic N) is 1. The van der Waals surface area contributed by atoms with Crippen LogP contribution in [0.3, 0.4) is 0 Å². The Balaban J connectivity index is 2.24. The van der Waals surface area contributed by atoms with Crippen molar-refractivity contribution in [1.82, 2.24) is 10.2 Å². The lowest BCUT2D eigenvalue weighted by Crippen LogP contribution is -2.46. The summed E-state index contributed by atoms with van der Waals surface area (Å²) < 4.78 is 13.0. The number of likely N-dealkylation sites (tertiary alicyclic amines) is 1. The molecule has 1 aliphatic heterocycles. The lowest BCUT2D eigenvalue weighted by molar-refractivity contribution is 0.185. The van der Waals surface area contributed by atoms with Crippen molar-refractivity contribution < 1.29 is 4.39 Å². The van der Waals surface area contributed by atoms with Crippen molar-refractivity contribution in [3.63, 3.8) is 0 Å². The monoisotopic (exact) mass is 236 g/mol. The first-order chi connectivity index (χ1) is 8.16. The van der Waals surface area contributed by atoms with Gasteiger partial charge in [0.2, 0.25) is 0 Å². The van der Waals surface area contributed by atoms with Crippen LogP contribution in [0.15, 0.2) is 24.3 Å². The van der Waals surface area contributed by atoms with Gasteiger partial charge in [0, 0.05) is 12.0 Å². The van der Waals surface area contributed by atoms with Crippen LogP contribution in [0.5, 0.6) is 0 Å². The molecule has 94 valence electrons. The van der Waals surface area contributed by atoms with Crippen molar-refractivity contribution in [2.75, 3.05) is 33.7 Å². The van der Waals surface area contributed by atoms with Crippen LogP contribution in [-0.2, 0) is 5.41 Å². The zero-order valence-corrected chi connectivity index (χ0v) is 10.7. The Hall–Kier alpha value is -0.930. The summed E-state index contributed by atoms with van der Waals surface area (Å²) >= 11 is 0. The van der Waals surface area contributed by atoms with Crippen LogP contribution in [0.2, 0.25) is 0 Å². The van der Waals surface area contributed by atoms with E-state index in [2.05, 4.69) is 17.3 Å². The van der Waals surface area contributed by atoms with Gasteiger partial charge in [0.15, 0.2) is 0 Å². The lowest BCUT2D eigenvalue weighted by atomic mass is 9.73. The normalized spacial score (nSPS) is 20.4. The number of halogens is 1. The molecule has 17 heavy (non-hydrogen) atoms. The molecule has 1 saturated heterocycles. The summed E-state index contributed by atoms with van der Waals surface area (Å²) in [5.41, 5.74) is 1.44. The first-order valence-electron chi connectivity index (χ1n) is 6.25. The second kappa shape index (κ2) is 5.15. The first-order valence-corrected chi connectivity index (χ1v) is 6.25. The van der Waals surface area contributed by atoms with E-state index >= 15 is 0 Å². The Morgan fingerprint density at radius 2 is 1.82 bits per heavy atom. The Bertz CT molecular complexity index is 353. The predicted octanol–water partition coefficient (Wildman–Crippen LogP) is 2.01. The molecule has 1 aromatic carbocycles. The minimum absolute atomic E-state index is 0.152. The van der Waals surface area contributed by atoms with Gasteiger partial charge >= 0.3 is 0 Å². The van der Waals surface area contributed by atoms with Gasteiger partial charge in [0.25, 0.3) is 0 Å². The zero-order chi connectivity index (χ0) is 12.3. The van der Waals surface area contributed by atoms with Gasteiger partial charge in [0.1, 0.15) is 5.82 Å². The molecule has 0 unspecified atom stereocenters. The summed E-state index contributed by atoms with van der Waals surface area (Å²) in [5, 5.41) is 3.29. The summed E-state index contributed by atoms with van der Waals surface area (Å²) in [7, 11) is 4.15. The maximum absolute atomic E-state index is 13.0. The van der Waals surface area contributed by atoms with Crippen molar-refractivity contribution in [1.29, 1.82) is 0 Å². The highest BCUT2D eigenvalue weighted by molar-refractivity contribution is 5.27. The SMILES string of the molecule is CNCC1(c2ccc(F)cc2)CCN(C)CC1. The van der Waals surface area contributed by atoms with Gasteiger partial charge in [-0.25, -0.2) is 4.39 Å². The van der Waals surface area contributed by atoms with Crippen LogP contribution < -0.4 is 5.32 Å². The number of piperidine rings is 1. The third-order valence-corrected chi connectivity index (χ3v) is 3.92. The fraction of sp³-hybridized carbons (Fsp3) is 0.571. The quantitative estimate of drug-likeness (QED) is 0.863. The largest absolute Gasteiger partial charge is 0.319 e. The van der Waals surface area contributed by atoms with Gasteiger partial charge < -0.3 is 10.2 Å². The Labute approximate surface area is 103 Å². The highest BCUT2D eigenvalue weighted by Crippen LogP contribution is 2.34. The van der Waals surface area contributed by atoms with E-state index in [-0.39, 0.29) is 11.2 Å². The second-order valence-electron chi connectivity index (χ2n) is 5.12. The molecule has 0 spiro atoms. The van der Waals surface area contributed by atoms with Crippen LogP contribution in [0.1, 0.15) is 18.4 Å². The van der Waals surface area contributed by atoms with E-state index in [1.54, 1.807) is 12.1 Å². The molecule has 0 atom stereocenters. The predicted molar refractivity (Wildman–Crippen MR) is 68.7 cm³/mol. The molecule has 3 heteroatoms. The van der Waals surface area contributed by atoms with Crippen LogP contribution in [0, 0.1) is 5.82 Å². The zero-order valence-electron chi connectivity index (χ0n) is 10.7. The third kappa shape index (κ3) is 2.67. The fourth-order valence-electron chi connectivity index (χ4n) is 2.76. The maximum atomic E-state index is 13.0. The van der Waals surface area contributed by atoms with Gasteiger partial charge in [-0.3, -0.25) is 0 Å². The highest BCUT2D eigenvalue weighted by Gasteiger charge is 2.34. The van der Waals surface area contributed by atoms with Crippen molar-refractivity contribution in [3.05, 3.63) is 35.6 Å². The molecule has 1 heterocycles. The lowest BCUT2D eigenvalue weighted by Gasteiger charge is -2.41. The van der Waals surface area contributed by atoms with E-state index in [9.17, 15) is 4.39 Å². The average molecular weight is 236 g/mol. The van der Waals surface area contributed by atoms with Gasteiger partial charge in [-0.1, -0.05) is 12.1 Å². The van der Waals surface area contributed by atoms with E-state index in [1.165, 1.54) is 5.56 Å². The molecule has 0 amide bonds. The number of hydrogen-bond donors (Lipinski definition) is 1. The van der Waals surface area contributed by atoms with Crippen LogP contribution in [0.4, 0.5) is 4.39 Å². The summed E-state index contributed by atoms with van der Waals surface area (Å²) in [4.78, 5) is 2.36. The fourth-order valence-corrected chi connectivity index (χ4v) is 2.76. The van der Waals surface area contributed by atoms with E-state index in [1.807, 2.05) is 19.2 Å². The van der Waals surface area contributed by atoms with Gasteiger partial charge in [-0.15, -0.1) is 0 Å². The number of nitrogens with one attached hydrogen (secondary N) is 1. The number of hydrogen-bond acceptors (Lipinski definition) is 2. The number of likely N-dealkylation sites (N-methyl/N-ethyl adjacent to an activating group) is 1. The summed E-state index contributed by atoms with van der Waals surface area (Å²) in [6, 6.07) is 7.03. The molecule has 0 saturated carbocycles. The molecule has 1 aromatic rings. The van der Waals surface area contributed by atoms with E-state index in [0.29, 0.717) is 0 Å². The highest BCUT2D eigenvalue weighted by atomic mass is 19.1. The molecule has 0 aliphatic carbocycles. The summed E-state index contributed by atoms with van der Waals surface area (Å²) in [6.45, 7) is 3.19. The van der Waals surface area contributed by atoms with Crippen LogP contribution >= 0.6 is 0 Å². The van der Waals surface area contributed by atoms with Crippen LogP contribution in [0.25, 0.3) is 0 Å². The molecule has 2 nitrogen and oxygen atoms in total. The molecule has 0 radical (unpaired) electrons. The molecule has 0 aromatic heterocycles. The second-order valence-corrected chi connectivity index (χ2v) is 5.12. The van der Waals surface area contributed by atoms with Crippen molar-refractivity contribution in [2.24, 2.45) is 0 Å². The van der Waals surface area contributed by atoms with Gasteiger partial charge in [0.05, 0.1) is 0 Å². The van der Waals surface area contributed by atoms with E-state index in [0.717, 1.165) is 32.5 Å². The molecule has 1 aliphatic rings. The molecule has 2 rings (SSSR count). The molecule has 1 fully saturated rings.